The van der Waals surface area contributed by atoms with E-state index in [9.17, 15) is 5.11 Å². The summed E-state index contributed by atoms with van der Waals surface area (Å²) in [4.78, 5) is 9.10. The highest BCUT2D eigenvalue weighted by atomic mass is 32.1. The lowest BCUT2D eigenvalue weighted by Gasteiger charge is -2.58. The van der Waals surface area contributed by atoms with E-state index in [1.54, 1.807) is 5.57 Å². The van der Waals surface area contributed by atoms with Crippen molar-refractivity contribution in [3.05, 3.63) is 11.6 Å². The monoisotopic (exact) mass is 475 g/mol. The molecule has 33 heavy (non-hydrogen) atoms. The number of hydrogen-bond acceptors (Lipinski definition) is 4. The Morgan fingerprint density at radius 3 is 2.48 bits per heavy atom. The minimum Gasteiger partial charge on any atom is -0.545 e. The first kappa shape index (κ1) is 26.9. The average Bonchev–Trinajstić information content (AvgIpc) is 3.11. The van der Waals surface area contributed by atoms with Gasteiger partial charge in [-0.15, -0.1) is 0 Å². The van der Waals surface area contributed by atoms with Gasteiger partial charge in [0, 0.05) is 5.37 Å². The third-order valence-electron chi connectivity index (χ3n) is 10.4. The number of aliphatic hydroxyl groups excluding tert-OH is 1. The van der Waals surface area contributed by atoms with E-state index in [1.165, 1.54) is 57.8 Å². The van der Waals surface area contributed by atoms with Gasteiger partial charge < -0.3 is 15.0 Å². The molecule has 0 aromatic rings. The maximum Gasteiger partial charge on any atom is 0.0750 e. The Morgan fingerprint density at radius 2 is 1.85 bits per heavy atom. The normalized spacial score (nSPS) is 40.5. The molecule has 0 aromatic heterocycles. The molecule has 3 saturated carbocycles. The largest absolute Gasteiger partial charge is 0.545 e. The first-order valence-electron chi connectivity index (χ1n) is 13.6. The maximum atomic E-state index is 10.2. The van der Waals surface area contributed by atoms with E-state index in [2.05, 4.69) is 52.9 Å². The molecule has 0 aromatic carbocycles. The fourth-order valence-electron chi connectivity index (χ4n) is 8.67. The van der Waals surface area contributed by atoms with Crippen LogP contribution in [0.25, 0.3) is 0 Å². The van der Waals surface area contributed by atoms with Gasteiger partial charge in [0.2, 0.25) is 0 Å². The van der Waals surface area contributed by atoms with Crippen molar-refractivity contribution in [2.75, 3.05) is 0 Å². The lowest BCUT2D eigenvalue weighted by molar-refractivity contribution is -0.293. The fraction of sp³-hybridized carbons (Fsp3) is 0.862. The van der Waals surface area contributed by atoms with Crippen LogP contribution in [-0.2, 0) is 4.79 Å². The molecule has 8 atom stereocenters. The van der Waals surface area contributed by atoms with Gasteiger partial charge in [0.1, 0.15) is 0 Å². The van der Waals surface area contributed by atoms with Crippen LogP contribution in [0.4, 0.5) is 0 Å². The molecule has 1 N–H and O–H groups in total. The van der Waals surface area contributed by atoms with Crippen molar-refractivity contribution in [3.63, 3.8) is 0 Å². The van der Waals surface area contributed by atoms with Gasteiger partial charge in [-0.1, -0.05) is 77.7 Å². The summed E-state index contributed by atoms with van der Waals surface area (Å²) < 4.78 is 0. The number of carbonyl (C=O) groups excluding carboxylic acids is 1. The quantitative estimate of drug-likeness (QED) is 0.371. The number of carboxylic acids is 1. The Bertz CT molecular complexity index is 730. The van der Waals surface area contributed by atoms with Crippen LogP contribution >= 0.6 is 12.2 Å². The van der Waals surface area contributed by atoms with E-state index in [1.807, 2.05) is 0 Å². The van der Waals surface area contributed by atoms with Crippen LogP contribution in [0.1, 0.15) is 105 Å². The topological polar surface area (TPSA) is 60.4 Å². The number of aliphatic carboxylic acids is 1. The zero-order valence-corrected chi connectivity index (χ0v) is 22.5. The summed E-state index contributed by atoms with van der Waals surface area (Å²) in [5.74, 6) is 4.15. The number of carbonyl (C=O) groups is 1. The minimum absolute atomic E-state index is 0.0766. The van der Waals surface area contributed by atoms with Gasteiger partial charge in [-0.05, 0) is 97.7 Å². The second-order valence-electron chi connectivity index (χ2n) is 12.6. The van der Waals surface area contributed by atoms with E-state index in [0.29, 0.717) is 16.2 Å². The zero-order chi connectivity index (χ0) is 24.4. The Balaban J connectivity index is 0.000000555. The van der Waals surface area contributed by atoms with Gasteiger partial charge >= 0.3 is 0 Å². The molecule has 0 unspecified atom stereocenters. The summed E-state index contributed by atoms with van der Waals surface area (Å²) in [5.41, 5.74) is 2.60. The van der Waals surface area contributed by atoms with E-state index in [-0.39, 0.29) is 6.10 Å². The van der Waals surface area contributed by atoms with E-state index in [4.69, 9.17) is 9.90 Å². The molecular formula is C29H47O3S-. The van der Waals surface area contributed by atoms with Crippen molar-refractivity contribution in [3.8, 4) is 0 Å². The van der Waals surface area contributed by atoms with E-state index < -0.39 is 5.97 Å². The number of aliphatic hydroxyl groups is 1. The molecule has 3 fully saturated rings. The Morgan fingerprint density at radius 1 is 1.15 bits per heavy atom. The van der Waals surface area contributed by atoms with E-state index in [0.717, 1.165) is 48.3 Å². The summed E-state index contributed by atoms with van der Waals surface area (Å²) in [7, 11) is 0. The molecule has 0 saturated heterocycles. The Labute approximate surface area is 207 Å². The van der Waals surface area contributed by atoms with Crippen molar-refractivity contribution >= 4 is 23.6 Å². The fourth-order valence-corrected chi connectivity index (χ4v) is 8.67. The van der Waals surface area contributed by atoms with Crippen LogP contribution in [-0.4, -0.2) is 22.5 Å². The van der Waals surface area contributed by atoms with Crippen LogP contribution in [0.5, 0.6) is 0 Å². The number of hydrogen-bond donors (Lipinski definition) is 1. The first-order chi connectivity index (χ1) is 15.5. The predicted octanol–water partition coefficient (Wildman–Crippen LogP) is 6.12. The molecule has 188 valence electrons. The molecule has 4 rings (SSSR count). The summed E-state index contributed by atoms with van der Waals surface area (Å²) in [6, 6.07) is 0. The SMILES string of the molecule is CC(C)CCC[C@@H](C)[C@H]1CC[C@H]2[C@@H]3CC=C4C[C@@H](O)CC[C@]4(C)[C@H]3CC[C@]12C.O=C([O-])C=S. The molecule has 3 nitrogen and oxygen atoms in total. The molecule has 0 radical (unpaired) electrons. The second kappa shape index (κ2) is 10.9. The molecule has 0 aliphatic heterocycles. The van der Waals surface area contributed by atoms with Crippen molar-refractivity contribution in [1.29, 1.82) is 0 Å². The molecule has 4 heteroatoms. The molecule has 0 amide bonds. The molecular weight excluding hydrogens is 428 g/mol. The smallest absolute Gasteiger partial charge is 0.0750 e. The van der Waals surface area contributed by atoms with Gasteiger partial charge in [-0.25, -0.2) is 0 Å². The zero-order valence-electron chi connectivity index (χ0n) is 21.6. The van der Waals surface area contributed by atoms with Crippen LogP contribution < -0.4 is 5.11 Å². The number of carboxylic acid groups (broad SMARTS) is 1. The lowest BCUT2D eigenvalue weighted by atomic mass is 9.47. The predicted molar refractivity (Wildman–Crippen MR) is 138 cm³/mol. The van der Waals surface area contributed by atoms with Crippen molar-refractivity contribution in [2.45, 2.75) is 111 Å². The molecule has 4 aliphatic carbocycles. The summed E-state index contributed by atoms with van der Waals surface area (Å²) in [6.45, 7) is 12.6. The standard InChI is InChI=1S/C27H46O.C2H2O2S/c1-18(2)7-6-8-19(3)23-11-12-24-22-10-9-20-17-21(28)13-15-26(20,4)25(22)14-16-27(23,24)5;3-2(4)1-5/h9,18-19,21-25,28H,6-8,10-17H2,1-5H3;1H,(H,3,4)/p-1/t19-,21+,22+,23-,24+,25+,26+,27-;/m1./s1. The van der Waals surface area contributed by atoms with Crippen LogP contribution in [0, 0.1) is 46.3 Å². The first-order valence-corrected chi connectivity index (χ1v) is 14.0. The van der Waals surface area contributed by atoms with Gasteiger partial charge in [0.15, 0.2) is 0 Å². The summed E-state index contributed by atoms with van der Waals surface area (Å²) in [5, 5.41) is 19.9. The van der Waals surface area contributed by atoms with Gasteiger partial charge in [0.25, 0.3) is 0 Å². The minimum atomic E-state index is -1.31. The summed E-state index contributed by atoms with van der Waals surface area (Å²) in [6.07, 6.45) is 17.2. The number of rotatable bonds is 6. The number of allylic oxidation sites excluding steroid dienone is 1. The highest BCUT2D eigenvalue weighted by Gasteiger charge is 2.59. The summed E-state index contributed by atoms with van der Waals surface area (Å²) >= 11 is 3.89. The second-order valence-corrected chi connectivity index (χ2v) is 12.9. The maximum absolute atomic E-state index is 10.2. The van der Waals surface area contributed by atoms with Gasteiger partial charge in [0.05, 0.1) is 12.1 Å². The van der Waals surface area contributed by atoms with Crippen molar-refractivity contribution < 1.29 is 15.0 Å². The average molecular weight is 476 g/mol. The van der Waals surface area contributed by atoms with E-state index >= 15 is 0 Å². The van der Waals surface area contributed by atoms with Crippen molar-refractivity contribution in [2.24, 2.45) is 46.3 Å². The third-order valence-corrected chi connectivity index (χ3v) is 10.6. The van der Waals surface area contributed by atoms with Crippen molar-refractivity contribution in [1.82, 2.24) is 0 Å². The van der Waals surface area contributed by atoms with Gasteiger partial charge in [-0.3, -0.25) is 0 Å². The van der Waals surface area contributed by atoms with Gasteiger partial charge in [-0.2, -0.15) is 0 Å². The third kappa shape index (κ3) is 5.58. The van der Waals surface area contributed by atoms with Crippen LogP contribution in [0.3, 0.4) is 0 Å². The molecule has 4 aliphatic rings. The highest BCUT2D eigenvalue weighted by molar-refractivity contribution is 7.80. The molecule has 0 heterocycles. The van der Waals surface area contributed by atoms with Crippen LogP contribution in [0.2, 0.25) is 0 Å². The van der Waals surface area contributed by atoms with Crippen LogP contribution in [0.15, 0.2) is 11.6 Å². The molecule has 0 spiro atoms. The Hall–Kier alpha value is -0.740. The Kier molecular flexibility index (Phi) is 8.87. The highest BCUT2D eigenvalue weighted by Crippen LogP contribution is 2.67. The lowest BCUT2D eigenvalue weighted by Crippen LogP contribution is -2.50. The number of thiocarbonyl (C=S) groups is 1. The molecule has 0 bridgehead atoms. The number of fused-ring (bicyclic) bond motifs is 5.